The van der Waals surface area contributed by atoms with Crippen LogP contribution in [0.15, 0.2) is 0 Å². The molecule has 2 N–H and O–H groups in total. The summed E-state index contributed by atoms with van der Waals surface area (Å²) in [5, 5.41) is 0. The van der Waals surface area contributed by atoms with Crippen LogP contribution in [0.3, 0.4) is 0 Å². The van der Waals surface area contributed by atoms with Gasteiger partial charge in [-0.05, 0) is 30.8 Å². The second kappa shape index (κ2) is 8.12. The lowest BCUT2D eigenvalue weighted by Crippen LogP contribution is -2.33. The van der Waals surface area contributed by atoms with Crippen molar-refractivity contribution in [3.63, 3.8) is 0 Å². The lowest BCUT2D eigenvalue weighted by atomic mass is 10.1. The smallest absolute Gasteiger partial charge is 0.322 e. The molecule has 84 valence electrons. The Hall–Kier alpha value is -0.220. The lowest BCUT2D eigenvalue weighted by Gasteiger charge is -2.11. The molecule has 0 aliphatic heterocycles. The Morgan fingerprint density at radius 3 is 2.57 bits per heavy atom. The highest BCUT2D eigenvalue weighted by Gasteiger charge is 2.13. The Bertz CT molecular complexity index is 162. The fraction of sp³-hybridized carbons (Fsp3) is 0.900. The minimum absolute atomic E-state index is 0.264. The van der Waals surface area contributed by atoms with Gasteiger partial charge in [0, 0.05) is 0 Å². The van der Waals surface area contributed by atoms with Crippen molar-refractivity contribution >= 4 is 17.7 Å². The van der Waals surface area contributed by atoms with E-state index in [1.807, 2.05) is 6.26 Å². The summed E-state index contributed by atoms with van der Waals surface area (Å²) in [5.41, 5.74) is 5.63. The number of nitrogens with two attached hydrogens (primary N) is 1. The minimum atomic E-state index is -0.449. The van der Waals surface area contributed by atoms with Gasteiger partial charge < -0.3 is 10.5 Å². The van der Waals surface area contributed by atoms with Crippen molar-refractivity contribution in [2.45, 2.75) is 32.7 Å². The highest BCUT2D eigenvalue weighted by molar-refractivity contribution is 7.98. The zero-order valence-electron chi connectivity index (χ0n) is 9.29. The van der Waals surface area contributed by atoms with E-state index in [-0.39, 0.29) is 5.97 Å². The number of hydrogen-bond donors (Lipinski definition) is 1. The summed E-state index contributed by atoms with van der Waals surface area (Å²) in [4.78, 5) is 11.3. The van der Waals surface area contributed by atoms with Crippen molar-refractivity contribution in [2.75, 3.05) is 18.6 Å². The van der Waals surface area contributed by atoms with Crippen LogP contribution in [0, 0.1) is 5.92 Å². The molecule has 0 aliphatic rings. The zero-order valence-corrected chi connectivity index (χ0v) is 10.1. The van der Waals surface area contributed by atoms with Crippen LogP contribution in [0.2, 0.25) is 0 Å². The highest BCUT2D eigenvalue weighted by atomic mass is 32.2. The third kappa shape index (κ3) is 7.21. The van der Waals surface area contributed by atoms with Gasteiger partial charge in [-0.25, -0.2) is 0 Å². The van der Waals surface area contributed by atoms with E-state index in [1.165, 1.54) is 0 Å². The van der Waals surface area contributed by atoms with E-state index >= 15 is 0 Å². The molecular formula is C10H21NO2S. The minimum Gasteiger partial charge on any atom is -0.465 e. The molecule has 0 saturated heterocycles. The molecule has 0 rings (SSSR count). The maximum absolute atomic E-state index is 11.3. The van der Waals surface area contributed by atoms with Crippen molar-refractivity contribution in [2.24, 2.45) is 11.7 Å². The van der Waals surface area contributed by atoms with E-state index < -0.39 is 6.04 Å². The monoisotopic (exact) mass is 219 g/mol. The number of hydrogen-bond acceptors (Lipinski definition) is 4. The third-order valence-corrected chi connectivity index (χ3v) is 2.52. The van der Waals surface area contributed by atoms with Crippen molar-refractivity contribution in [1.82, 2.24) is 0 Å². The number of ether oxygens (including phenoxy) is 1. The standard InChI is InChI=1S/C10H21NO2S/c1-8(2)4-6-13-10(12)9(11)5-7-14-3/h8-9H,4-7,11H2,1-3H3. The molecule has 0 aromatic heterocycles. The molecule has 4 heteroatoms. The summed E-state index contributed by atoms with van der Waals surface area (Å²) in [5.74, 6) is 1.20. The summed E-state index contributed by atoms with van der Waals surface area (Å²) in [6.45, 7) is 4.69. The van der Waals surface area contributed by atoms with Crippen molar-refractivity contribution < 1.29 is 9.53 Å². The summed E-state index contributed by atoms with van der Waals surface area (Å²) in [7, 11) is 0. The van der Waals surface area contributed by atoms with E-state index in [2.05, 4.69) is 13.8 Å². The first-order valence-electron chi connectivity index (χ1n) is 4.99. The molecule has 0 saturated carbocycles. The van der Waals surface area contributed by atoms with Gasteiger partial charge in [0.05, 0.1) is 6.61 Å². The van der Waals surface area contributed by atoms with Gasteiger partial charge in [0.2, 0.25) is 0 Å². The Balaban J connectivity index is 3.52. The summed E-state index contributed by atoms with van der Waals surface area (Å²) < 4.78 is 5.04. The average Bonchev–Trinajstić information content (AvgIpc) is 2.13. The lowest BCUT2D eigenvalue weighted by molar-refractivity contribution is -0.145. The second-order valence-corrected chi connectivity index (χ2v) is 4.72. The molecule has 14 heavy (non-hydrogen) atoms. The van der Waals surface area contributed by atoms with Gasteiger partial charge in [-0.3, -0.25) is 4.79 Å². The molecule has 3 nitrogen and oxygen atoms in total. The maximum atomic E-state index is 11.3. The molecule has 0 fully saturated rings. The van der Waals surface area contributed by atoms with E-state index in [0.717, 1.165) is 12.2 Å². The quantitative estimate of drug-likeness (QED) is 0.662. The van der Waals surface area contributed by atoms with Crippen LogP contribution in [0.1, 0.15) is 26.7 Å². The van der Waals surface area contributed by atoms with E-state index in [1.54, 1.807) is 11.8 Å². The summed E-state index contributed by atoms with van der Waals surface area (Å²) >= 11 is 1.69. The number of esters is 1. The van der Waals surface area contributed by atoms with Crippen LogP contribution in [0.25, 0.3) is 0 Å². The number of carbonyl (C=O) groups excluding carboxylic acids is 1. The maximum Gasteiger partial charge on any atom is 0.322 e. The predicted molar refractivity (Wildman–Crippen MR) is 61.4 cm³/mol. The largest absolute Gasteiger partial charge is 0.465 e. The van der Waals surface area contributed by atoms with Crippen LogP contribution in [-0.2, 0) is 9.53 Å². The molecule has 0 heterocycles. The summed E-state index contributed by atoms with van der Waals surface area (Å²) in [6, 6.07) is -0.449. The molecule has 0 aromatic carbocycles. The van der Waals surface area contributed by atoms with Gasteiger partial charge in [-0.15, -0.1) is 0 Å². The summed E-state index contributed by atoms with van der Waals surface area (Å²) in [6.07, 6.45) is 3.60. The van der Waals surface area contributed by atoms with E-state index in [0.29, 0.717) is 18.9 Å². The third-order valence-electron chi connectivity index (χ3n) is 1.88. The van der Waals surface area contributed by atoms with Gasteiger partial charge in [-0.1, -0.05) is 13.8 Å². The normalized spacial score (nSPS) is 12.9. The molecule has 0 aliphatic carbocycles. The molecule has 0 aromatic rings. The topological polar surface area (TPSA) is 52.3 Å². The fourth-order valence-corrected chi connectivity index (χ4v) is 1.35. The van der Waals surface area contributed by atoms with Gasteiger partial charge in [0.1, 0.15) is 6.04 Å². The van der Waals surface area contributed by atoms with Gasteiger partial charge in [-0.2, -0.15) is 11.8 Å². The molecular weight excluding hydrogens is 198 g/mol. The Labute approximate surface area is 90.8 Å². The van der Waals surface area contributed by atoms with Gasteiger partial charge in [0.15, 0.2) is 0 Å². The number of rotatable bonds is 7. The molecule has 0 bridgehead atoms. The highest BCUT2D eigenvalue weighted by Crippen LogP contribution is 2.03. The first-order valence-corrected chi connectivity index (χ1v) is 6.38. The Morgan fingerprint density at radius 2 is 2.07 bits per heavy atom. The number of carbonyl (C=O) groups is 1. The first kappa shape index (κ1) is 13.8. The second-order valence-electron chi connectivity index (χ2n) is 3.74. The van der Waals surface area contributed by atoms with Gasteiger partial charge >= 0.3 is 5.97 Å². The van der Waals surface area contributed by atoms with Crippen LogP contribution in [-0.4, -0.2) is 30.6 Å². The molecule has 0 amide bonds. The molecule has 1 unspecified atom stereocenters. The van der Waals surface area contributed by atoms with Crippen molar-refractivity contribution in [3.05, 3.63) is 0 Å². The van der Waals surface area contributed by atoms with Crippen molar-refractivity contribution in [1.29, 1.82) is 0 Å². The molecule has 1 atom stereocenters. The Kier molecular flexibility index (Phi) is 7.99. The van der Waals surface area contributed by atoms with Crippen LogP contribution >= 0.6 is 11.8 Å². The van der Waals surface area contributed by atoms with Crippen LogP contribution in [0.5, 0.6) is 0 Å². The molecule has 0 radical (unpaired) electrons. The van der Waals surface area contributed by atoms with Crippen LogP contribution in [0.4, 0.5) is 0 Å². The molecule has 0 spiro atoms. The Morgan fingerprint density at radius 1 is 1.43 bits per heavy atom. The first-order chi connectivity index (χ1) is 6.57. The fourth-order valence-electron chi connectivity index (χ4n) is 0.865. The zero-order chi connectivity index (χ0) is 11.0. The van der Waals surface area contributed by atoms with E-state index in [9.17, 15) is 4.79 Å². The number of thioether (sulfide) groups is 1. The SMILES string of the molecule is CSCCC(N)C(=O)OCCC(C)C. The van der Waals surface area contributed by atoms with Gasteiger partial charge in [0.25, 0.3) is 0 Å². The van der Waals surface area contributed by atoms with Crippen LogP contribution < -0.4 is 5.73 Å². The van der Waals surface area contributed by atoms with E-state index in [4.69, 9.17) is 10.5 Å². The van der Waals surface area contributed by atoms with Crippen molar-refractivity contribution in [3.8, 4) is 0 Å². The average molecular weight is 219 g/mol. The predicted octanol–water partition coefficient (Wildman–Crippen LogP) is 1.66.